The number of aliphatic hydroxyl groups is 1. The van der Waals surface area contributed by atoms with Crippen molar-refractivity contribution in [3.8, 4) is 5.75 Å². The molecule has 2 aromatic heterocycles. The molecular weight excluding hydrogens is 432 g/mol. The van der Waals surface area contributed by atoms with Crippen LogP contribution in [0.4, 0.5) is 0 Å². The highest BCUT2D eigenvalue weighted by atomic mass is 16.5. The number of pyridine rings is 1. The van der Waals surface area contributed by atoms with E-state index < -0.39 is 0 Å². The van der Waals surface area contributed by atoms with E-state index in [1.165, 1.54) is 0 Å². The molecule has 2 N–H and O–H groups in total. The number of aromatic nitrogens is 5. The normalized spacial score (nSPS) is 13.0. The SMILES string of the molecule is CCCC(c1nnnn1C(C)(C)CC)N(CCCO)Cc1cc2cc(OCC)ccc2[nH]c1=O. The molecule has 1 atom stereocenters. The van der Waals surface area contributed by atoms with Gasteiger partial charge >= 0.3 is 0 Å². The highest BCUT2D eigenvalue weighted by Gasteiger charge is 2.31. The lowest BCUT2D eigenvalue weighted by atomic mass is 10.0. The molecule has 3 rings (SSSR count). The summed E-state index contributed by atoms with van der Waals surface area (Å²) in [5.74, 6) is 1.57. The summed E-state index contributed by atoms with van der Waals surface area (Å²) in [7, 11) is 0. The summed E-state index contributed by atoms with van der Waals surface area (Å²) in [4.78, 5) is 18.2. The van der Waals surface area contributed by atoms with Crippen LogP contribution in [-0.2, 0) is 12.1 Å². The first-order valence-corrected chi connectivity index (χ1v) is 12.3. The minimum atomic E-state index is -0.233. The summed E-state index contributed by atoms with van der Waals surface area (Å²) in [6, 6.07) is 7.54. The van der Waals surface area contributed by atoms with Gasteiger partial charge in [0.15, 0.2) is 5.82 Å². The van der Waals surface area contributed by atoms with Gasteiger partial charge in [0, 0.05) is 36.2 Å². The molecule has 1 unspecified atom stereocenters. The molecule has 0 bridgehead atoms. The lowest BCUT2D eigenvalue weighted by molar-refractivity contribution is 0.139. The fraction of sp³-hybridized carbons (Fsp3) is 0.600. The Morgan fingerprint density at radius 3 is 2.71 bits per heavy atom. The van der Waals surface area contributed by atoms with Gasteiger partial charge in [-0.25, -0.2) is 4.68 Å². The van der Waals surface area contributed by atoms with Crippen LogP contribution in [0.2, 0.25) is 0 Å². The average molecular weight is 471 g/mol. The van der Waals surface area contributed by atoms with E-state index in [4.69, 9.17) is 4.74 Å². The molecule has 0 aliphatic carbocycles. The number of nitrogens with zero attached hydrogens (tertiary/aromatic N) is 5. The van der Waals surface area contributed by atoms with Crippen LogP contribution in [0.3, 0.4) is 0 Å². The molecular formula is C25H38N6O3. The van der Waals surface area contributed by atoms with Gasteiger partial charge in [-0.15, -0.1) is 5.10 Å². The molecule has 2 heterocycles. The molecule has 0 radical (unpaired) electrons. The van der Waals surface area contributed by atoms with Gasteiger partial charge in [-0.3, -0.25) is 9.69 Å². The number of nitrogens with one attached hydrogen (secondary N) is 1. The molecule has 3 aromatic rings. The van der Waals surface area contributed by atoms with Crippen molar-refractivity contribution in [1.82, 2.24) is 30.1 Å². The van der Waals surface area contributed by atoms with Gasteiger partial charge in [-0.1, -0.05) is 20.3 Å². The van der Waals surface area contributed by atoms with Crippen LogP contribution in [0.15, 0.2) is 29.1 Å². The smallest absolute Gasteiger partial charge is 0.252 e. The largest absolute Gasteiger partial charge is 0.494 e. The van der Waals surface area contributed by atoms with Gasteiger partial charge in [0.05, 0.1) is 18.2 Å². The number of rotatable bonds is 13. The maximum Gasteiger partial charge on any atom is 0.252 e. The van der Waals surface area contributed by atoms with Crippen LogP contribution in [0, 0.1) is 0 Å². The second-order valence-electron chi connectivity index (χ2n) is 9.27. The summed E-state index contributed by atoms with van der Waals surface area (Å²) in [5, 5.41) is 23.2. The Morgan fingerprint density at radius 1 is 1.24 bits per heavy atom. The maximum atomic E-state index is 13.0. The number of H-pyrrole nitrogens is 1. The van der Waals surface area contributed by atoms with E-state index in [1.807, 2.05) is 35.9 Å². The first-order chi connectivity index (χ1) is 16.3. The minimum Gasteiger partial charge on any atom is -0.494 e. The lowest BCUT2D eigenvalue weighted by Crippen LogP contribution is -2.37. The van der Waals surface area contributed by atoms with E-state index in [1.54, 1.807) is 0 Å². The van der Waals surface area contributed by atoms with Gasteiger partial charge in [0.2, 0.25) is 0 Å². The van der Waals surface area contributed by atoms with Gasteiger partial charge in [-0.05, 0) is 74.7 Å². The fourth-order valence-electron chi connectivity index (χ4n) is 4.17. The van der Waals surface area contributed by atoms with Gasteiger partial charge in [0.1, 0.15) is 5.75 Å². The molecule has 9 heteroatoms. The Kier molecular flexibility index (Phi) is 8.79. The van der Waals surface area contributed by atoms with E-state index >= 15 is 0 Å². The van der Waals surface area contributed by atoms with E-state index in [0.29, 0.717) is 31.7 Å². The predicted molar refractivity (Wildman–Crippen MR) is 133 cm³/mol. The van der Waals surface area contributed by atoms with Crippen molar-refractivity contribution >= 4 is 10.9 Å². The lowest BCUT2D eigenvalue weighted by Gasteiger charge is -2.33. The number of hydrogen-bond donors (Lipinski definition) is 2. The summed E-state index contributed by atoms with van der Waals surface area (Å²) in [6.07, 6.45) is 3.25. The van der Waals surface area contributed by atoms with Crippen molar-refractivity contribution in [2.45, 2.75) is 78.4 Å². The zero-order valence-corrected chi connectivity index (χ0v) is 21.0. The molecule has 0 saturated heterocycles. The van der Waals surface area contributed by atoms with Crippen LogP contribution in [0.1, 0.15) is 77.7 Å². The number of aromatic amines is 1. The van der Waals surface area contributed by atoms with E-state index in [-0.39, 0.29) is 23.7 Å². The Morgan fingerprint density at radius 2 is 2.03 bits per heavy atom. The molecule has 1 aromatic carbocycles. The molecule has 0 aliphatic heterocycles. The number of benzene rings is 1. The average Bonchev–Trinajstić information content (AvgIpc) is 3.31. The number of ether oxygens (including phenoxy) is 1. The number of tetrazole rings is 1. The van der Waals surface area contributed by atoms with Crippen molar-refractivity contribution < 1.29 is 9.84 Å². The Bertz CT molecular complexity index is 1120. The van der Waals surface area contributed by atoms with Crippen molar-refractivity contribution in [3.05, 3.63) is 46.0 Å². The van der Waals surface area contributed by atoms with Crippen LogP contribution in [-0.4, -0.2) is 55.0 Å². The Balaban J connectivity index is 2.02. The molecule has 0 aliphatic rings. The molecule has 34 heavy (non-hydrogen) atoms. The Hall–Kier alpha value is -2.78. The number of aliphatic hydroxyl groups excluding tert-OH is 1. The summed E-state index contributed by atoms with van der Waals surface area (Å²) in [6.45, 7) is 12.2. The Labute approximate surface area is 201 Å². The van der Waals surface area contributed by atoms with Crippen LogP contribution in [0.25, 0.3) is 10.9 Å². The minimum absolute atomic E-state index is 0.0759. The number of hydrogen-bond acceptors (Lipinski definition) is 7. The monoisotopic (exact) mass is 470 g/mol. The molecule has 0 fully saturated rings. The second-order valence-corrected chi connectivity index (χ2v) is 9.27. The standard InChI is InChI=1S/C25H38N6O3/c1-6-10-22(23-27-28-29-31(23)25(4,5)7-2)30(13-9-14-32)17-19-15-18-16-20(34-8-3)11-12-21(18)26-24(19)33/h11-12,15-16,22,32H,6-10,13-14,17H2,1-5H3,(H,26,33). The third-order valence-corrected chi connectivity index (χ3v) is 6.41. The van der Waals surface area contributed by atoms with Crippen molar-refractivity contribution in [2.75, 3.05) is 19.8 Å². The summed E-state index contributed by atoms with van der Waals surface area (Å²) >= 11 is 0. The summed E-state index contributed by atoms with van der Waals surface area (Å²) in [5.41, 5.74) is 1.09. The highest BCUT2D eigenvalue weighted by molar-refractivity contribution is 5.80. The zero-order chi connectivity index (χ0) is 24.7. The first kappa shape index (κ1) is 25.8. The zero-order valence-electron chi connectivity index (χ0n) is 21.0. The molecule has 0 saturated carbocycles. The van der Waals surface area contributed by atoms with Crippen molar-refractivity contribution in [3.63, 3.8) is 0 Å². The predicted octanol–water partition coefficient (Wildman–Crippen LogP) is 3.78. The third-order valence-electron chi connectivity index (χ3n) is 6.41. The van der Waals surface area contributed by atoms with Crippen LogP contribution in [0.5, 0.6) is 5.75 Å². The summed E-state index contributed by atoms with van der Waals surface area (Å²) < 4.78 is 7.55. The first-order valence-electron chi connectivity index (χ1n) is 12.3. The van der Waals surface area contributed by atoms with Crippen LogP contribution >= 0.6 is 0 Å². The van der Waals surface area contributed by atoms with Crippen molar-refractivity contribution in [2.24, 2.45) is 0 Å². The molecule has 0 spiro atoms. The molecule has 186 valence electrons. The highest BCUT2D eigenvalue weighted by Crippen LogP contribution is 2.30. The van der Waals surface area contributed by atoms with Crippen molar-refractivity contribution in [1.29, 1.82) is 0 Å². The molecule has 0 amide bonds. The van der Waals surface area contributed by atoms with Gasteiger partial charge in [0.25, 0.3) is 5.56 Å². The molecule has 9 nitrogen and oxygen atoms in total. The fourth-order valence-corrected chi connectivity index (χ4v) is 4.17. The topological polar surface area (TPSA) is 109 Å². The van der Waals surface area contributed by atoms with Crippen LogP contribution < -0.4 is 10.3 Å². The second kappa shape index (κ2) is 11.6. The third kappa shape index (κ3) is 5.82. The quantitative estimate of drug-likeness (QED) is 0.391. The number of fused-ring (bicyclic) bond motifs is 1. The van der Waals surface area contributed by atoms with Gasteiger partial charge in [-0.2, -0.15) is 0 Å². The van der Waals surface area contributed by atoms with E-state index in [0.717, 1.165) is 41.7 Å². The van der Waals surface area contributed by atoms with E-state index in [2.05, 4.69) is 53.1 Å². The van der Waals surface area contributed by atoms with E-state index in [9.17, 15) is 9.90 Å². The van der Waals surface area contributed by atoms with Gasteiger partial charge < -0.3 is 14.8 Å². The maximum absolute atomic E-state index is 13.0.